The average Bonchev–Trinajstić information content (AvgIpc) is 3.20. The monoisotopic (exact) mass is 461 g/mol. The zero-order valence-electron chi connectivity index (χ0n) is 17.4. The molecule has 4 rings (SSSR count). The van der Waals surface area contributed by atoms with Gasteiger partial charge in [0.25, 0.3) is 11.8 Å². The van der Waals surface area contributed by atoms with Crippen molar-refractivity contribution < 1.29 is 18.0 Å². The number of benzene rings is 1. The van der Waals surface area contributed by atoms with Crippen molar-refractivity contribution in [1.29, 1.82) is 0 Å². The standard InChI is InChI=1S/C22H27N3O4S2/c26-21(23-13-15-24(16-14-23)22(27)20-6-5-17-30-20)18-7-9-19(10-8-18)31(28,29)25-11-3-1-2-4-12-25/h5-10,17H,1-4,11-16H2. The van der Waals surface area contributed by atoms with Gasteiger partial charge in [0, 0.05) is 44.8 Å². The van der Waals surface area contributed by atoms with E-state index in [0.717, 1.165) is 25.7 Å². The van der Waals surface area contributed by atoms with E-state index in [2.05, 4.69) is 0 Å². The summed E-state index contributed by atoms with van der Waals surface area (Å²) in [4.78, 5) is 29.8. The van der Waals surface area contributed by atoms with E-state index in [4.69, 9.17) is 0 Å². The van der Waals surface area contributed by atoms with Gasteiger partial charge in [-0.2, -0.15) is 4.31 Å². The number of hydrogen-bond donors (Lipinski definition) is 0. The zero-order chi connectivity index (χ0) is 21.8. The van der Waals surface area contributed by atoms with E-state index in [1.54, 1.807) is 26.2 Å². The molecule has 0 bridgehead atoms. The third-order valence-electron chi connectivity index (χ3n) is 5.89. The molecule has 9 heteroatoms. The van der Waals surface area contributed by atoms with Crippen LogP contribution in [0.3, 0.4) is 0 Å². The number of thiophene rings is 1. The predicted molar refractivity (Wildman–Crippen MR) is 120 cm³/mol. The van der Waals surface area contributed by atoms with Crippen molar-refractivity contribution >= 4 is 33.2 Å². The summed E-state index contributed by atoms with van der Waals surface area (Å²) in [6.45, 7) is 3.01. The van der Waals surface area contributed by atoms with Gasteiger partial charge in [-0.3, -0.25) is 9.59 Å². The number of rotatable bonds is 4. The molecule has 0 radical (unpaired) electrons. The lowest BCUT2D eigenvalue weighted by molar-refractivity contribution is 0.0538. The lowest BCUT2D eigenvalue weighted by Crippen LogP contribution is -2.50. The molecule has 0 unspecified atom stereocenters. The second kappa shape index (κ2) is 9.50. The maximum atomic E-state index is 12.9. The van der Waals surface area contributed by atoms with E-state index in [0.29, 0.717) is 49.7 Å². The van der Waals surface area contributed by atoms with Gasteiger partial charge in [0.05, 0.1) is 9.77 Å². The fraction of sp³-hybridized carbons (Fsp3) is 0.455. The minimum absolute atomic E-state index is 0.00479. The fourth-order valence-electron chi connectivity index (χ4n) is 4.05. The Morgan fingerprint density at radius 3 is 1.87 bits per heavy atom. The first-order valence-corrected chi connectivity index (χ1v) is 13.0. The number of amides is 2. The summed E-state index contributed by atoms with van der Waals surface area (Å²) in [5.41, 5.74) is 0.466. The van der Waals surface area contributed by atoms with Crippen LogP contribution in [0.2, 0.25) is 0 Å². The quantitative estimate of drug-likeness (QED) is 0.701. The molecule has 3 heterocycles. The average molecular weight is 462 g/mol. The molecule has 0 N–H and O–H groups in total. The fourth-order valence-corrected chi connectivity index (χ4v) is 6.26. The number of piperazine rings is 1. The highest BCUT2D eigenvalue weighted by atomic mass is 32.2. The van der Waals surface area contributed by atoms with Gasteiger partial charge in [0.2, 0.25) is 10.0 Å². The first-order valence-electron chi connectivity index (χ1n) is 10.7. The van der Waals surface area contributed by atoms with E-state index < -0.39 is 10.0 Å². The first kappa shape index (κ1) is 22.0. The third-order valence-corrected chi connectivity index (χ3v) is 8.66. The van der Waals surface area contributed by atoms with Gasteiger partial charge < -0.3 is 9.80 Å². The van der Waals surface area contributed by atoms with Crippen LogP contribution in [0.1, 0.15) is 45.7 Å². The molecule has 2 fully saturated rings. The van der Waals surface area contributed by atoms with Gasteiger partial charge in [0.15, 0.2) is 0 Å². The molecule has 0 saturated carbocycles. The van der Waals surface area contributed by atoms with Crippen molar-refractivity contribution in [3.05, 3.63) is 52.2 Å². The van der Waals surface area contributed by atoms with Crippen LogP contribution in [0.5, 0.6) is 0 Å². The minimum atomic E-state index is -3.53. The number of nitrogens with zero attached hydrogens (tertiary/aromatic N) is 3. The molecule has 2 aromatic rings. The van der Waals surface area contributed by atoms with Crippen molar-refractivity contribution in [2.45, 2.75) is 30.6 Å². The van der Waals surface area contributed by atoms with Crippen molar-refractivity contribution in [2.75, 3.05) is 39.3 Å². The molecule has 7 nitrogen and oxygen atoms in total. The summed E-state index contributed by atoms with van der Waals surface area (Å²) in [6, 6.07) is 9.92. The molecular formula is C22H27N3O4S2. The molecule has 1 aromatic heterocycles. The molecule has 31 heavy (non-hydrogen) atoms. The molecule has 2 saturated heterocycles. The van der Waals surface area contributed by atoms with E-state index in [1.807, 2.05) is 17.5 Å². The molecule has 166 valence electrons. The number of hydrogen-bond acceptors (Lipinski definition) is 5. The van der Waals surface area contributed by atoms with Crippen molar-refractivity contribution in [3.63, 3.8) is 0 Å². The Kier molecular flexibility index (Phi) is 6.74. The summed E-state index contributed by atoms with van der Waals surface area (Å²) >= 11 is 1.42. The van der Waals surface area contributed by atoms with E-state index in [1.165, 1.54) is 23.5 Å². The predicted octanol–water partition coefficient (Wildman–Crippen LogP) is 2.91. The first-order chi connectivity index (χ1) is 15.0. The Hall–Kier alpha value is -2.23. The molecule has 1 aromatic carbocycles. The van der Waals surface area contributed by atoms with Crippen LogP contribution in [0.25, 0.3) is 0 Å². The Morgan fingerprint density at radius 2 is 1.32 bits per heavy atom. The van der Waals surface area contributed by atoms with E-state index in [-0.39, 0.29) is 16.7 Å². The summed E-state index contributed by atoms with van der Waals surface area (Å²) in [5.74, 6) is -0.132. The Labute approximate surface area is 187 Å². The Balaban J connectivity index is 1.38. The van der Waals surface area contributed by atoms with Gasteiger partial charge in [-0.1, -0.05) is 18.9 Å². The maximum absolute atomic E-state index is 12.9. The van der Waals surface area contributed by atoms with Crippen molar-refractivity contribution in [1.82, 2.24) is 14.1 Å². The van der Waals surface area contributed by atoms with Crippen LogP contribution in [0, 0.1) is 0 Å². The SMILES string of the molecule is O=C(c1ccc(S(=O)(=O)N2CCCCCC2)cc1)N1CCN(C(=O)c2cccs2)CC1. The van der Waals surface area contributed by atoms with E-state index in [9.17, 15) is 18.0 Å². The highest BCUT2D eigenvalue weighted by Crippen LogP contribution is 2.21. The number of carbonyl (C=O) groups excluding carboxylic acids is 2. The molecule has 0 aliphatic carbocycles. The lowest BCUT2D eigenvalue weighted by Gasteiger charge is -2.34. The highest BCUT2D eigenvalue weighted by Gasteiger charge is 2.28. The van der Waals surface area contributed by atoms with Crippen molar-refractivity contribution in [2.24, 2.45) is 0 Å². The van der Waals surface area contributed by atoms with Gasteiger partial charge in [-0.05, 0) is 48.6 Å². The molecule has 0 spiro atoms. The van der Waals surface area contributed by atoms with Gasteiger partial charge >= 0.3 is 0 Å². The van der Waals surface area contributed by atoms with Crippen LogP contribution in [0.15, 0.2) is 46.7 Å². The molecule has 2 aliphatic rings. The van der Waals surface area contributed by atoms with E-state index >= 15 is 0 Å². The molecule has 2 amide bonds. The molecule has 2 aliphatic heterocycles. The van der Waals surface area contributed by atoms with Crippen LogP contribution < -0.4 is 0 Å². The minimum Gasteiger partial charge on any atom is -0.335 e. The molecular weight excluding hydrogens is 434 g/mol. The van der Waals surface area contributed by atoms with Crippen LogP contribution in [0.4, 0.5) is 0 Å². The molecule has 0 atom stereocenters. The number of carbonyl (C=O) groups is 2. The smallest absolute Gasteiger partial charge is 0.264 e. The second-order valence-corrected chi connectivity index (χ2v) is 10.8. The zero-order valence-corrected chi connectivity index (χ0v) is 19.0. The topological polar surface area (TPSA) is 78.0 Å². The summed E-state index contributed by atoms with van der Waals surface area (Å²) in [5, 5.41) is 1.88. The maximum Gasteiger partial charge on any atom is 0.264 e. The number of sulfonamides is 1. The largest absolute Gasteiger partial charge is 0.335 e. The summed E-state index contributed by atoms with van der Waals surface area (Å²) in [7, 11) is -3.53. The van der Waals surface area contributed by atoms with Gasteiger partial charge in [0.1, 0.15) is 0 Å². The van der Waals surface area contributed by atoms with Crippen LogP contribution in [-0.4, -0.2) is 73.6 Å². The van der Waals surface area contributed by atoms with Crippen LogP contribution in [-0.2, 0) is 10.0 Å². The summed E-state index contributed by atoms with van der Waals surface area (Å²) in [6.07, 6.45) is 3.89. The van der Waals surface area contributed by atoms with Crippen LogP contribution >= 0.6 is 11.3 Å². The van der Waals surface area contributed by atoms with Gasteiger partial charge in [-0.15, -0.1) is 11.3 Å². The third kappa shape index (κ3) is 4.83. The normalized spacial score (nSPS) is 18.6. The second-order valence-electron chi connectivity index (χ2n) is 7.90. The van der Waals surface area contributed by atoms with Crippen molar-refractivity contribution in [3.8, 4) is 0 Å². The highest BCUT2D eigenvalue weighted by molar-refractivity contribution is 7.89. The Bertz CT molecular complexity index is 1000. The summed E-state index contributed by atoms with van der Waals surface area (Å²) < 4.78 is 27.4. The van der Waals surface area contributed by atoms with Gasteiger partial charge in [-0.25, -0.2) is 8.42 Å². The Morgan fingerprint density at radius 1 is 0.742 bits per heavy atom. The lowest BCUT2D eigenvalue weighted by atomic mass is 10.2.